The molecule has 19 nitrogen and oxygen atoms in total. The number of carbonyl (C=O) groups is 2. The number of alkyl carbamates (subject to hydrolysis) is 2. The fourth-order valence-corrected chi connectivity index (χ4v) is 9.90. The molecule has 2 unspecified atom stereocenters. The summed E-state index contributed by atoms with van der Waals surface area (Å²) in [5.41, 5.74) is 3.82. The molecule has 0 radical (unpaired) electrons. The fourth-order valence-electron chi connectivity index (χ4n) is 9.90. The quantitative estimate of drug-likeness (QED) is 0.0426. The molecule has 71 heavy (non-hydrogen) atoms. The van der Waals surface area contributed by atoms with E-state index in [1.54, 1.807) is 54.4 Å². The van der Waals surface area contributed by atoms with Gasteiger partial charge >= 0.3 is 18.0 Å². The first-order chi connectivity index (χ1) is 34.2. The highest BCUT2D eigenvalue weighted by Gasteiger charge is 2.50. The first-order valence-corrected chi connectivity index (χ1v) is 23.8. The lowest BCUT2D eigenvalue weighted by atomic mass is 10.0. The molecule has 11 rings (SSSR count). The van der Waals surface area contributed by atoms with Crippen molar-refractivity contribution < 1.29 is 46.0 Å². The number of hydrogen-bond acceptors (Lipinski definition) is 12. The number of rotatable bonds is 15. The van der Waals surface area contributed by atoms with Crippen molar-refractivity contribution in [3.05, 3.63) is 95.5 Å². The summed E-state index contributed by atoms with van der Waals surface area (Å²) < 4.78 is 82.4. The number of hydrogen-bond donors (Lipinski definition) is 6. The molecule has 2 amide bonds. The molecular weight excluding hydrogens is 929 g/mol. The van der Waals surface area contributed by atoms with E-state index in [1.165, 1.54) is 12.1 Å². The summed E-state index contributed by atoms with van der Waals surface area (Å²) in [5.74, 6) is -1.16. The molecule has 4 aliphatic rings. The third-order valence-electron chi connectivity index (χ3n) is 13.8. The molecular formula is C48H53F4N14O5+. The Bertz CT molecular complexity index is 3130. The number of carbonyl (C=O) groups excluding carboxylic acids is 2. The number of alkyl halides is 2. The zero-order valence-electron chi connectivity index (χ0n) is 39.3. The summed E-state index contributed by atoms with van der Waals surface area (Å²) in [4.78, 5) is 39.5. The van der Waals surface area contributed by atoms with Crippen LogP contribution in [0.25, 0.3) is 22.4 Å². The van der Waals surface area contributed by atoms with Gasteiger partial charge in [-0.05, 0) is 77.5 Å². The number of H-pyrrole nitrogens is 2. The van der Waals surface area contributed by atoms with Gasteiger partial charge in [0.15, 0.2) is 5.82 Å². The molecule has 8 atom stereocenters. The first kappa shape index (κ1) is 46.1. The second-order valence-electron chi connectivity index (χ2n) is 19.7. The zero-order valence-corrected chi connectivity index (χ0v) is 39.3. The molecule has 372 valence electrons. The number of halogens is 4. The highest BCUT2D eigenvalue weighted by molar-refractivity contribution is 5.77. The lowest BCUT2D eigenvalue weighted by molar-refractivity contribution is -0.742. The lowest BCUT2D eigenvalue weighted by Gasteiger charge is -2.19. The van der Waals surface area contributed by atoms with Crippen LogP contribution in [-0.2, 0) is 20.8 Å². The molecule has 4 saturated carbocycles. The first-order valence-electron chi connectivity index (χ1n) is 23.8. The minimum absolute atomic E-state index is 0.147. The number of fused-ring (bicyclic) bond motifs is 2. The van der Waals surface area contributed by atoms with Crippen molar-refractivity contribution >= 4 is 46.8 Å². The van der Waals surface area contributed by atoms with E-state index in [4.69, 9.17) is 24.2 Å². The summed E-state index contributed by atoms with van der Waals surface area (Å²) in [7, 11) is 1.58. The van der Waals surface area contributed by atoms with E-state index in [0.717, 1.165) is 18.9 Å². The van der Waals surface area contributed by atoms with Gasteiger partial charge < -0.3 is 30.2 Å². The average molecular weight is 982 g/mol. The van der Waals surface area contributed by atoms with Crippen LogP contribution in [0.15, 0.2) is 61.1 Å². The number of nitrogens with zero attached hydrogens (tertiary/aromatic N) is 8. The highest BCUT2D eigenvalue weighted by atomic mass is 19.1. The molecule has 6 heterocycles. The molecule has 0 spiro atoms. The van der Waals surface area contributed by atoms with Crippen LogP contribution in [0.2, 0.25) is 0 Å². The standard InChI is InChI=1S/C48H52F4N14O5/c1-23(2)54-46(67)70-37-7-5-28(42(37)51)33-18-39(61-60-33)57-45-56-32(19-40-55-27(22-69-4)21-64(40)45)30-16-35(30)66-41(20-34(63-66)29-6-8-38(43(29)52)71-47(68)59-48(3)9-10-48)58-44-36-17-31(62-65(36)12-11-53-44)24-13-25(49)15-26(50)14-24/h11-15,17-21,23,28-30,35,37-38,42-43H,5-10,16,22H2,1-4H3,(H5,53,54,55,56,57,58,59,60,61,62,63,67,68)/p+1/t28-,29+,30?,35?,37-,38+,42+,43+/m1/s1. The van der Waals surface area contributed by atoms with Crippen LogP contribution < -0.4 is 25.9 Å². The van der Waals surface area contributed by atoms with Crippen LogP contribution in [0.1, 0.15) is 112 Å². The monoisotopic (exact) mass is 981 g/mol. The molecule has 23 heteroatoms. The van der Waals surface area contributed by atoms with Gasteiger partial charge in [0.2, 0.25) is 11.8 Å². The molecule has 0 saturated heterocycles. The van der Waals surface area contributed by atoms with Crippen LogP contribution in [0, 0.1) is 11.6 Å². The number of ether oxygens (including phenoxy) is 3. The Hall–Kier alpha value is -7.30. The fraction of sp³-hybridized carbons (Fsp3) is 0.458. The van der Waals surface area contributed by atoms with Crippen LogP contribution in [0.5, 0.6) is 0 Å². The number of benzene rings is 1. The number of methoxy groups -OCH3 is 1. The van der Waals surface area contributed by atoms with Crippen molar-refractivity contribution in [2.45, 2.75) is 132 Å². The minimum Gasteiger partial charge on any atom is -0.443 e. The van der Waals surface area contributed by atoms with Gasteiger partial charge in [-0.3, -0.25) is 9.50 Å². The molecule has 4 aliphatic carbocycles. The SMILES string of the molecule is COCc1cn2c(Nc3cc([C@H]4CC[C@@H](OC(=O)NC(C)C)[C@H]4F)[nH]n3)nc(C3CC3[n+]3[nH]c([C@@H]4CC[C@H](OC(=O)NC5(C)CC5)[C@H]4F)cc3Nc3nccn4nc(-c5cc(F)cc(F)c5)cc34)cc2n1. The van der Waals surface area contributed by atoms with E-state index in [-0.39, 0.29) is 35.7 Å². The number of aromatic amines is 2. The van der Waals surface area contributed by atoms with E-state index in [9.17, 15) is 18.4 Å². The van der Waals surface area contributed by atoms with Crippen molar-refractivity contribution in [1.29, 1.82) is 0 Å². The van der Waals surface area contributed by atoms with Crippen LogP contribution in [-0.4, -0.2) is 99.7 Å². The number of nitrogens with one attached hydrogen (secondary N) is 6. The zero-order chi connectivity index (χ0) is 49.3. The molecule has 6 aromatic heterocycles. The molecule has 6 N–H and O–H groups in total. The van der Waals surface area contributed by atoms with E-state index in [2.05, 4.69) is 46.6 Å². The van der Waals surface area contributed by atoms with Gasteiger partial charge in [0.05, 0.1) is 35.4 Å². The third-order valence-corrected chi connectivity index (χ3v) is 13.8. The van der Waals surface area contributed by atoms with Crippen LogP contribution in [0.3, 0.4) is 0 Å². The van der Waals surface area contributed by atoms with Crippen molar-refractivity contribution in [2.24, 2.45) is 0 Å². The van der Waals surface area contributed by atoms with Gasteiger partial charge in [0.1, 0.15) is 53.4 Å². The van der Waals surface area contributed by atoms with Crippen LogP contribution >= 0.6 is 0 Å². The summed E-state index contributed by atoms with van der Waals surface area (Å²) in [6.45, 7) is 5.77. The Morgan fingerprint density at radius 1 is 0.901 bits per heavy atom. The molecule has 0 bridgehead atoms. The van der Waals surface area contributed by atoms with Crippen molar-refractivity contribution in [1.82, 2.24) is 54.9 Å². The van der Waals surface area contributed by atoms with Gasteiger partial charge in [-0.1, -0.05) is 0 Å². The third kappa shape index (κ3) is 9.41. The summed E-state index contributed by atoms with van der Waals surface area (Å²) in [6, 6.07) is 9.95. The second-order valence-corrected chi connectivity index (χ2v) is 19.7. The Morgan fingerprint density at radius 2 is 1.63 bits per heavy atom. The normalized spacial score (nSPS) is 24.4. The van der Waals surface area contributed by atoms with E-state index < -0.39 is 60.2 Å². The number of imidazole rings is 1. The van der Waals surface area contributed by atoms with Crippen LogP contribution in [0.4, 0.5) is 50.6 Å². The molecule has 0 aliphatic heterocycles. The maximum absolute atomic E-state index is 16.4. The number of aromatic nitrogens is 10. The van der Waals surface area contributed by atoms with Gasteiger partial charge in [0.25, 0.3) is 0 Å². The molecule has 1 aromatic carbocycles. The Kier molecular flexibility index (Phi) is 11.8. The predicted molar refractivity (Wildman–Crippen MR) is 248 cm³/mol. The second kappa shape index (κ2) is 18.1. The minimum atomic E-state index is -1.49. The Labute approximate surface area is 403 Å². The largest absolute Gasteiger partial charge is 0.443 e. The highest BCUT2D eigenvalue weighted by Crippen LogP contribution is 2.49. The van der Waals surface area contributed by atoms with Gasteiger partial charge in [-0.15, -0.1) is 0 Å². The van der Waals surface area contributed by atoms with Gasteiger partial charge in [0, 0.05) is 90.9 Å². The smallest absolute Gasteiger partial charge is 0.407 e. The van der Waals surface area contributed by atoms with Crippen molar-refractivity contribution in [3.8, 4) is 11.3 Å². The maximum atomic E-state index is 16.4. The Balaban J connectivity index is 0.888. The number of amides is 2. The average Bonchev–Trinajstić information content (AvgIpc) is 3.70. The van der Waals surface area contributed by atoms with Crippen molar-refractivity contribution in [3.63, 3.8) is 0 Å². The maximum Gasteiger partial charge on any atom is 0.407 e. The molecule has 4 fully saturated rings. The summed E-state index contributed by atoms with van der Waals surface area (Å²) in [5, 5.41) is 27.7. The predicted octanol–water partition coefficient (Wildman–Crippen LogP) is 8.00. The molecule has 7 aromatic rings. The van der Waals surface area contributed by atoms with E-state index in [1.807, 2.05) is 29.9 Å². The lowest BCUT2D eigenvalue weighted by Crippen LogP contribution is -2.39. The Morgan fingerprint density at radius 3 is 2.35 bits per heavy atom. The van der Waals surface area contributed by atoms with Gasteiger partial charge in [-0.2, -0.15) is 14.9 Å². The topological polar surface area (TPSA) is 219 Å². The van der Waals surface area contributed by atoms with E-state index in [0.29, 0.717) is 95.1 Å². The summed E-state index contributed by atoms with van der Waals surface area (Å²) >= 11 is 0. The van der Waals surface area contributed by atoms with Crippen molar-refractivity contribution in [2.75, 3.05) is 17.7 Å². The van der Waals surface area contributed by atoms with E-state index >= 15 is 8.78 Å². The number of anilines is 4. The van der Waals surface area contributed by atoms with Gasteiger partial charge in [-0.25, -0.2) is 57.0 Å². The summed E-state index contributed by atoms with van der Waals surface area (Å²) in [6.07, 6.45) is 2.78.